The average Bonchev–Trinajstić information content (AvgIpc) is 3.01. The van der Waals surface area contributed by atoms with Crippen molar-refractivity contribution in [3.05, 3.63) is 38.8 Å². The highest BCUT2D eigenvalue weighted by molar-refractivity contribution is 7.98. The molecule has 1 aliphatic heterocycles. The number of rotatable bonds is 3. The molecule has 0 unspecified atom stereocenters. The second kappa shape index (κ2) is 5.38. The average molecular weight is 293 g/mol. The lowest BCUT2D eigenvalue weighted by Gasteiger charge is -2.08. The maximum Gasteiger partial charge on any atom is 0.261 e. The SMILES string of the molecule is Cc1[nH]ncc1CNC(=O)c1cc2c(s1)CCSC2. The number of nitrogens with one attached hydrogen (secondary N) is 2. The van der Waals surface area contributed by atoms with Gasteiger partial charge in [-0.3, -0.25) is 9.89 Å². The number of hydrogen-bond donors (Lipinski definition) is 2. The fourth-order valence-corrected chi connectivity index (χ4v) is 4.36. The zero-order valence-electron chi connectivity index (χ0n) is 10.7. The summed E-state index contributed by atoms with van der Waals surface area (Å²) in [6.45, 7) is 2.48. The second-order valence-electron chi connectivity index (χ2n) is 4.56. The lowest BCUT2D eigenvalue weighted by atomic mass is 10.2. The molecule has 0 aromatic carbocycles. The Bertz CT molecular complexity index is 579. The van der Waals surface area contributed by atoms with Crippen LogP contribution in [0.4, 0.5) is 0 Å². The minimum Gasteiger partial charge on any atom is -0.347 e. The Hall–Kier alpha value is -1.27. The zero-order valence-corrected chi connectivity index (χ0v) is 12.3. The first kappa shape index (κ1) is 12.7. The molecule has 0 fully saturated rings. The van der Waals surface area contributed by atoms with E-state index in [1.165, 1.54) is 16.2 Å². The van der Waals surface area contributed by atoms with Crippen LogP contribution < -0.4 is 5.32 Å². The third-order valence-electron chi connectivity index (χ3n) is 3.23. The normalized spacial score (nSPS) is 14.2. The molecule has 0 aliphatic carbocycles. The highest BCUT2D eigenvalue weighted by atomic mass is 32.2. The van der Waals surface area contributed by atoms with Gasteiger partial charge < -0.3 is 5.32 Å². The molecular weight excluding hydrogens is 278 g/mol. The first-order chi connectivity index (χ1) is 9.24. The van der Waals surface area contributed by atoms with Crippen LogP contribution in [-0.4, -0.2) is 21.9 Å². The summed E-state index contributed by atoms with van der Waals surface area (Å²) < 4.78 is 0. The summed E-state index contributed by atoms with van der Waals surface area (Å²) in [6, 6.07) is 2.05. The Morgan fingerprint density at radius 2 is 2.47 bits per heavy atom. The Balaban J connectivity index is 1.67. The number of aryl methyl sites for hydroxylation is 2. The number of carbonyl (C=O) groups excluding carboxylic acids is 1. The molecule has 19 heavy (non-hydrogen) atoms. The van der Waals surface area contributed by atoms with Crippen molar-refractivity contribution in [1.82, 2.24) is 15.5 Å². The van der Waals surface area contributed by atoms with Gasteiger partial charge in [-0.15, -0.1) is 11.3 Å². The van der Waals surface area contributed by atoms with E-state index in [0.29, 0.717) is 6.54 Å². The molecule has 3 heterocycles. The maximum atomic E-state index is 12.1. The van der Waals surface area contributed by atoms with Gasteiger partial charge in [-0.2, -0.15) is 16.9 Å². The minimum absolute atomic E-state index is 0.0185. The maximum absolute atomic E-state index is 12.1. The van der Waals surface area contributed by atoms with Crippen LogP contribution in [0.1, 0.15) is 31.4 Å². The summed E-state index contributed by atoms with van der Waals surface area (Å²) in [6.07, 6.45) is 2.85. The van der Waals surface area contributed by atoms with Gasteiger partial charge in [0.2, 0.25) is 0 Å². The van der Waals surface area contributed by atoms with Gasteiger partial charge in [0.1, 0.15) is 0 Å². The standard InChI is InChI=1S/C13H15N3OS2/c1-8-10(6-15-16-8)5-14-13(17)12-4-9-7-18-3-2-11(9)19-12/h4,6H,2-3,5,7H2,1H3,(H,14,17)(H,15,16). The highest BCUT2D eigenvalue weighted by Crippen LogP contribution is 2.31. The molecule has 0 saturated carbocycles. The fourth-order valence-electron chi connectivity index (χ4n) is 2.08. The Morgan fingerprint density at radius 1 is 1.58 bits per heavy atom. The van der Waals surface area contributed by atoms with Crippen molar-refractivity contribution in [3.8, 4) is 0 Å². The quantitative estimate of drug-likeness (QED) is 0.914. The molecule has 0 saturated heterocycles. The van der Waals surface area contributed by atoms with E-state index in [1.54, 1.807) is 17.5 Å². The lowest BCUT2D eigenvalue weighted by Crippen LogP contribution is -2.21. The first-order valence-corrected chi connectivity index (χ1v) is 8.17. The lowest BCUT2D eigenvalue weighted by molar-refractivity contribution is 0.0955. The van der Waals surface area contributed by atoms with Crippen molar-refractivity contribution in [2.45, 2.75) is 25.6 Å². The van der Waals surface area contributed by atoms with Crippen molar-refractivity contribution in [2.75, 3.05) is 5.75 Å². The van der Waals surface area contributed by atoms with Crippen LogP contribution in [0, 0.1) is 6.92 Å². The number of H-pyrrole nitrogens is 1. The van der Waals surface area contributed by atoms with Crippen molar-refractivity contribution in [1.29, 1.82) is 0 Å². The number of aromatic amines is 1. The molecule has 1 aliphatic rings. The van der Waals surface area contributed by atoms with Gasteiger partial charge >= 0.3 is 0 Å². The second-order valence-corrected chi connectivity index (χ2v) is 6.81. The van der Waals surface area contributed by atoms with E-state index < -0.39 is 0 Å². The van der Waals surface area contributed by atoms with Crippen LogP contribution in [0.25, 0.3) is 0 Å². The molecule has 1 amide bonds. The molecule has 0 bridgehead atoms. The predicted octanol–water partition coefficient (Wildman–Crippen LogP) is 2.50. The fraction of sp³-hybridized carbons (Fsp3) is 0.385. The van der Waals surface area contributed by atoms with E-state index in [1.807, 2.05) is 24.8 Å². The number of amides is 1. The number of hydrogen-bond acceptors (Lipinski definition) is 4. The Labute approximate surface area is 120 Å². The summed E-state index contributed by atoms with van der Waals surface area (Å²) in [5, 5.41) is 9.78. The zero-order chi connectivity index (χ0) is 13.2. The van der Waals surface area contributed by atoms with Crippen molar-refractivity contribution < 1.29 is 4.79 Å². The Kier molecular flexibility index (Phi) is 3.61. The van der Waals surface area contributed by atoms with Gasteiger partial charge in [-0.05, 0) is 30.7 Å². The summed E-state index contributed by atoms with van der Waals surface area (Å²) >= 11 is 3.57. The molecule has 2 N–H and O–H groups in total. The molecule has 2 aromatic heterocycles. The smallest absolute Gasteiger partial charge is 0.261 e. The van der Waals surface area contributed by atoms with Crippen LogP contribution in [0.5, 0.6) is 0 Å². The third kappa shape index (κ3) is 2.69. The topological polar surface area (TPSA) is 57.8 Å². The molecule has 4 nitrogen and oxygen atoms in total. The predicted molar refractivity (Wildman–Crippen MR) is 78.7 cm³/mol. The number of nitrogens with zero attached hydrogens (tertiary/aromatic N) is 1. The van der Waals surface area contributed by atoms with Crippen LogP contribution in [0.15, 0.2) is 12.3 Å². The molecule has 3 rings (SSSR count). The van der Waals surface area contributed by atoms with Crippen molar-refractivity contribution in [3.63, 3.8) is 0 Å². The summed E-state index contributed by atoms with van der Waals surface area (Å²) in [5.41, 5.74) is 3.37. The van der Waals surface area contributed by atoms with Crippen LogP contribution in [0.3, 0.4) is 0 Å². The van der Waals surface area contributed by atoms with E-state index in [0.717, 1.165) is 28.3 Å². The van der Waals surface area contributed by atoms with Gasteiger partial charge in [0, 0.05) is 28.4 Å². The number of aromatic nitrogens is 2. The van der Waals surface area contributed by atoms with Crippen molar-refractivity contribution >= 4 is 29.0 Å². The van der Waals surface area contributed by atoms with E-state index in [4.69, 9.17) is 0 Å². The van der Waals surface area contributed by atoms with Crippen LogP contribution in [0.2, 0.25) is 0 Å². The summed E-state index contributed by atoms with van der Waals surface area (Å²) in [5.74, 6) is 2.23. The van der Waals surface area contributed by atoms with Crippen molar-refractivity contribution in [2.24, 2.45) is 0 Å². The molecule has 0 radical (unpaired) electrons. The summed E-state index contributed by atoms with van der Waals surface area (Å²) in [7, 11) is 0. The number of thiophene rings is 1. The molecule has 100 valence electrons. The van der Waals surface area contributed by atoms with Gasteiger partial charge in [-0.25, -0.2) is 0 Å². The Morgan fingerprint density at radius 3 is 3.21 bits per heavy atom. The largest absolute Gasteiger partial charge is 0.347 e. The molecule has 6 heteroatoms. The number of thioether (sulfide) groups is 1. The monoisotopic (exact) mass is 293 g/mol. The molecule has 2 aromatic rings. The minimum atomic E-state index is 0.0185. The number of fused-ring (bicyclic) bond motifs is 1. The molecule has 0 atom stereocenters. The van der Waals surface area contributed by atoms with Crippen LogP contribution in [-0.2, 0) is 18.7 Å². The van der Waals surface area contributed by atoms with Gasteiger partial charge in [0.05, 0.1) is 11.1 Å². The van der Waals surface area contributed by atoms with Gasteiger partial charge in [-0.1, -0.05) is 0 Å². The molecular formula is C13H15N3OS2. The third-order valence-corrected chi connectivity index (χ3v) is 5.47. The van der Waals surface area contributed by atoms with E-state index >= 15 is 0 Å². The van der Waals surface area contributed by atoms with E-state index in [-0.39, 0.29) is 5.91 Å². The van der Waals surface area contributed by atoms with E-state index in [2.05, 4.69) is 15.5 Å². The summed E-state index contributed by atoms with van der Waals surface area (Å²) in [4.78, 5) is 14.3. The van der Waals surface area contributed by atoms with E-state index in [9.17, 15) is 4.79 Å². The van der Waals surface area contributed by atoms with Gasteiger partial charge in [0.25, 0.3) is 5.91 Å². The number of carbonyl (C=O) groups is 1. The molecule has 0 spiro atoms. The van der Waals surface area contributed by atoms with Gasteiger partial charge in [0.15, 0.2) is 0 Å². The first-order valence-electron chi connectivity index (χ1n) is 6.20. The van der Waals surface area contributed by atoms with Crippen LogP contribution >= 0.6 is 23.1 Å². The highest BCUT2D eigenvalue weighted by Gasteiger charge is 2.17.